The first kappa shape index (κ1) is 14.2. The maximum absolute atomic E-state index is 12.2. The van der Waals surface area contributed by atoms with Crippen molar-refractivity contribution in [3.8, 4) is 11.7 Å². The van der Waals surface area contributed by atoms with Crippen LogP contribution in [0.3, 0.4) is 0 Å². The van der Waals surface area contributed by atoms with E-state index in [0.717, 1.165) is 4.83 Å². The summed E-state index contributed by atoms with van der Waals surface area (Å²) >= 11 is 2.82. The Morgan fingerprint density at radius 3 is 3.09 bits per heavy atom. The third-order valence-corrected chi connectivity index (χ3v) is 5.01. The average molecular weight is 346 g/mol. The highest BCUT2D eigenvalue weighted by Crippen LogP contribution is 2.25. The van der Waals surface area contributed by atoms with Gasteiger partial charge in [0.1, 0.15) is 4.83 Å². The lowest BCUT2D eigenvalue weighted by Gasteiger charge is -2.05. The van der Waals surface area contributed by atoms with Crippen molar-refractivity contribution in [1.82, 2.24) is 19.7 Å². The van der Waals surface area contributed by atoms with Crippen LogP contribution in [0.15, 0.2) is 48.6 Å². The smallest absolute Gasteiger partial charge is 0.283 e. The second-order valence-corrected chi connectivity index (χ2v) is 6.50. The van der Waals surface area contributed by atoms with Gasteiger partial charge in [0.2, 0.25) is 5.89 Å². The van der Waals surface area contributed by atoms with E-state index in [1.54, 1.807) is 31.5 Å². The minimum atomic E-state index is -0.0550. The van der Waals surface area contributed by atoms with Gasteiger partial charge in [-0.15, -0.1) is 21.5 Å². The molecule has 0 saturated carbocycles. The average Bonchev–Trinajstić information content (AvgIpc) is 3.29. The second kappa shape index (κ2) is 5.67. The number of rotatable bonds is 4. The standard InChI is InChI=1S/C14H10N4O3S2/c1-18-13(19)8-4-6-22-12(8)15-14(18)23-7-10-16-17-11(21-10)9-3-2-5-20-9/h2-6H,7H2,1H3. The lowest BCUT2D eigenvalue weighted by atomic mass is 10.4. The molecule has 0 atom stereocenters. The molecule has 23 heavy (non-hydrogen) atoms. The quantitative estimate of drug-likeness (QED) is 0.415. The summed E-state index contributed by atoms with van der Waals surface area (Å²) in [4.78, 5) is 17.5. The highest BCUT2D eigenvalue weighted by atomic mass is 32.2. The van der Waals surface area contributed by atoms with Gasteiger partial charge in [0.25, 0.3) is 11.4 Å². The molecule has 0 aliphatic heterocycles. The Bertz CT molecular complexity index is 1020. The van der Waals surface area contributed by atoms with Crippen LogP contribution in [0, 0.1) is 0 Å². The lowest BCUT2D eigenvalue weighted by molar-refractivity contribution is 0.494. The van der Waals surface area contributed by atoms with Gasteiger partial charge in [0.15, 0.2) is 10.9 Å². The van der Waals surface area contributed by atoms with Gasteiger partial charge >= 0.3 is 0 Å². The minimum absolute atomic E-state index is 0.0550. The summed E-state index contributed by atoms with van der Waals surface area (Å²) in [5, 5.41) is 11.0. The van der Waals surface area contributed by atoms with Crippen molar-refractivity contribution in [1.29, 1.82) is 0 Å². The molecule has 0 aromatic carbocycles. The van der Waals surface area contributed by atoms with Crippen LogP contribution >= 0.6 is 23.1 Å². The van der Waals surface area contributed by atoms with Crippen LogP contribution in [0.25, 0.3) is 21.9 Å². The normalized spacial score (nSPS) is 11.3. The first-order valence-electron chi connectivity index (χ1n) is 6.65. The predicted octanol–water partition coefficient (Wildman–Crippen LogP) is 2.93. The summed E-state index contributed by atoms with van der Waals surface area (Å²) in [5.41, 5.74) is -0.0550. The molecule has 0 bridgehead atoms. The molecule has 0 N–H and O–H groups in total. The van der Waals surface area contributed by atoms with Crippen molar-refractivity contribution in [2.75, 3.05) is 0 Å². The molecule has 4 aromatic rings. The number of hydrogen-bond acceptors (Lipinski definition) is 8. The van der Waals surface area contributed by atoms with E-state index < -0.39 is 0 Å². The first-order chi connectivity index (χ1) is 11.2. The molecule has 116 valence electrons. The number of thioether (sulfide) groups is 1. The topological polar surface area (TPSA) is 86.9 Å². The van der Waals surface area contributed by atoms with E-state index in [0.29, 0.717) is 33.8 Å². The monoisotopic (exact) mass is 346 g/mol. The van der Waals surface area contributed by atoms with Crippen LogP contribution in [-0.2, 0) is 12.8 Å². The van der Waals surface area contributed by atoms with E-state index >= 15 is 0 Å². The molecular weight excluding hydrogens is 336 g/mol. The molecule has 0 unspecified atom stereocenters. The second-order valence-electron chi connectivity index (χ2n) is 4.66. The van der Waals surface area contributed by atoms with E-state index in [-0.39, 0.29) is 5.56 Å². The molecule has 4 rings (SSSR count). The van der Waals surface area contributed by atoms with E-state index in [1.807, 2.05) is 5.38 Å². The first-order valence-corrected chi connectivity index (χ1v) is 8.52. The molecule has 0 radical (unpaired) electrons. The Kier molecular flexibility index (Phi) is 3.50. The lowest BCUT2D eigenvalue weighted by Crippen LogP contribution is -2.19. The van der Waals surface area contributed by atoms with Crippen LogP contribution in [0.2, 0.25) is 0 Å². The largest absolute Gasteiger partial charge is 0.459 e. The SMILES string of the molecule is Cn1c(SCc2nnc(-c3ccco3)o2)nc2sccc2c1=O. The van der Waals surface area contributed by atoms with E-state index in [1.165, 1.54) is 27.7 Å². The minimum Gasteiger partial charge on any atom is -0.459 e. The molecule has 0 aliphatic rings. The van der Waals surface area contributed by atoms with Gasteiger partial charge in [-0.3, -0.25) is 9.36 Å². The van der Waals surface area contributed by atoms with Crippen molar-refractivity contribution in [2.24, 2.45) is 7.05 Å². The van der Waals surface area contributed by atoms with E-state index in [4.69, 9.17) is 8.83 Å². The maximum Gasteiger partial charge on any atom is 0.283 e. The summed E-state index contributed by atoms with van der Waals surface area (Å²) in [5.74, 6) is 1.73. The fourth-order valence-corrected chi connectivity index (χ4v) is 3.66. The Hall–Kier alpha value is -2.39. The molecule has 0 amide bonds. The number of nitrogens with zero attached hydrogens (tertiary/aromatic N) is 4. The van der Waals surface area contributed by atoms with Gasteiger partial charge in [-0.2, -0.15) is 0 Å². The Labute approximate surface area is 138 Å². The zero-order valence-electron chi connectivity index (χ0n) is 11.9. The number of fused-ring (bicyclic) bond motifs is 1. The zero-order valence-corrected chi connectivity index (χ0v) is 13.6. The molecule has 0 spiro atoms. The van der Waals surface area contributed by atoms with Gasteiger partial charge in [0, 0.05) is 7.05 Å². The van der Waals surface area contributed by atoms with Crippen molar-refractivity contribution >= 4 is 33.3 Å². The fourth-order valence-electron chi connectivity index (χ4n) is 2.05. The summed E-state index contributed by atoms with van der Waals surface area (Å²) < 4.78 is 12.3. The van der Waals surface area contributed by atoms with Crippen LogP contribution in [-0.4, -0.2) is 19.7 Å². The molecule has 4 heterocycles. The molecule has 7 nitrogen and oxygen atoms in total. The zero-order chi connectivity index (χ0) is 15.8. The Morgan fingerprint density at radius 1 is 1.35 bits per heavy atom. The fraction of sp³-hybridized carbons (Fsp3) is 0.143. The number of thiophene rings is 1. The summed E-state index contributed by atoms with van der Waals surface area (Å²) in [6.07, 6.45) is 1.55. The van der Waals surface area contributed by atoms with Crippen LogP contribution in [0.5, 0.6) is 0 Å². The van der Waals surface area contributed by atoms with Crippen molar-refractivity contribution in [3.05, 3.63) is 46.1 Å². The van der Waals surface area contributed by atoms with Crippen LogP contribution in [0.1, 0.15) is 5.89 Å². The number of furan rings is 1. The van der Waals surface area contributed by atoms with Gasteiger partial charge in [-0.05, 0) is 23.6 Å². The third kappa shape index (κ3) is 2.57. The molecule has 9 heteroatoms. The molecule has 0 fully saturated rings. The maximum atomic E-state index is 12.2. The number of hydrogen-bond donors (Lipinski definition) is 0. The Morgan fingerprint density at radius 2 is 2.26 bits per heavy atom. The van der Waals surface area contributed by atoms with E-state index in [2.05, 4.69) is 15.2 Å². The molecule has 0 aliphatic carbocycles. The van der Waals surface area contributed by atoms with Crippen molar-refractivity contribution in [2.45, 2.75) is 10.9 Å². The molecule has 0 saturated heterocycles. The molecule has 4 aromatic heterocycles. The predicted molar refractivity (Wildman–Crippen MR) is 86.4 cm³/mol. The van der Waals surface area contributed by atoms with E-state index in [9.17, 15) is 4.79 Å². The van der Waals surface area contributed by atoms with Crippen LogP contribution < -0.4 is 5.56 Å². The summed E-state index contributed by atoms with van der Waals surface area (Å²) in [7, 11) is 1.71. The highest BCUT2D eigenvalue weighted by Gasteiger charge is 2.14. The molecular formula is C14H10N4O3S2. The van der Waals surface area contributed by atoms with Crippen LogP contribution in [0.4, 0.5) is 0 Å². The van der Waals surface area contributed by atoms with Crippen molar-refractivity contribution < 1.29 is 8.83 Å². The van der Waals surface area contributed by atoms with Gasteiger partial charge in [-0.25, -0.2) is 4.98 Å². The summed E-state index contributed by atoms with van der Waals surface area (Å²) in [6, 6.07) is 5.29. The van der Waals surface area contributed by atoms with Crippen molar-refractivity contribution in [3.63, 3.8) is 0 Å². The van der Waals surface area contributed by atoms with Gasteiger partial charge in [0.05, 0.1) is 17.4 Å². The summed E-state index contributed by atoms with van der Waals surface area (Å²) in [6.45, 7) is 0. The van der Waals surface area contributed by atoms with Gasteiger partial charge in [-0.1, -0.05) is 11.8 Å². The Balaban J connectivity index is 1.57. The highest BCUT2D eigenvalue weighted by molar-refractivity contribution is 7.98. The number of aromatic nitrogens is 4. The van der Waals surface area contributed by atoms with Gasteiger partial charge < -0.3 is 8.83 Å². The third-order valence-electron chi connectivity index (χ3n) is 3.19.